The van der Waals surface area contributed by atoms with Crippen molar-refractivity contribution in [1.82, 2.24) is 9.88 Å². The van der Waals surface area contributed by atoms with Crippen molar-refractivity contribution < 1.29 is 4.79 Å². The Morgan fingerprint density at radius 2 is 1.70 bits per heavy atom. The average Bonchev–Trinajstić information content (AvgIpc) is 2.45. The molecule has 1 heterocycles. The first kappa shape index (κ1) is 16.5. The third-order valence-corrected chi connectivity index (χ3v) is 3.37. The third-order valence-electron chi connectivity index (χ3n) is 3.37. The molecule has 1 aromatic rings. The Bertz CT molecular complexity index is 444. The molecule has 0 aliphatic heterocycles. The predicted molar refractivity (Wildman–Crippen MR) is 82.0 cm³/mol. The molecule has 0 fully saturated rings. The minimum Gasteiger partial charge on any atom is -0.339 e. The van der Waals surface area contributed by atoms with E-state index >= 15 is 0 Å². The standard InChI is InChI=1S/C16H26N2O2/c1-3-5-7-11-18(12-8-6-4-2)16(20)14-9-10-17-15(19)13-14/h9-10,13H,3-8,11-12H2,1-2H3,(H,17,19). The maximum absolute atomic E-state index is 12.5. The summed E-state index contributed by atoms with van der Waals surface area (Å²) in [6.07, 6.45) is 8.13. The van der Waals surface area contributed by atoms with Crippen LogP contribution in [0.5, 0.6) is 0 Å². The lowest BCUT2D eigenvalue weighted by Crippen LogP contribution is -2.33. The highest BCUT2D eigenvalue weighted by Gasteiger charge is 2.15. The average molecular weight is 278 g/mol. The van der Waals surface area contributed by atoms with Crippen LogP contribution in [0.2, 0.25) is 0 Å². The van der Waals surface area contributed by atoms with Gasteiger partial charge in [-0.15, -0.1) is 0 Å². The molecule has 0 unspecified atom stereocenters. The summed E-state index contributed by atoms with van der Waals surface area (Å²) in [6.45, 7) is 5.87. The van der Waals surface area contributed by atoms with Gasteiger partial charge in [-0.3, -0.25) is 9.59 Å². The lowest BCUT2D eigenvalue weighted by atomic mass is 10.1. The third kappa shape index (κ3) is 5.59. The molecule has 1 amide bonds. The molecule has 0 saturated heterocycles. The molecular formula is C16H26N2O2. The fraction of sp³-hybridized carbons (Fsp3) is 0.625. The second-order valence-electron chi connectivity index (χ2n) is 5.15. The Labute approximate surface area is 121 Å². The number of unbranched alkanes of at least 4 members (excludes halogenated alkanes) is 4. The molecule has 20 heavy (non-hydrogen) atoms. The summed E-state index contributed by atoms with van der Waals surface area (Å²) in [6, 6.07) is 3.06. The quantitative estimate of drug-likeness (QED) is 0.705. The van der Waals surface area contributed by atoms with Crippen LogP contribution in [0.25, 0.3) is 0 Å². The monoisotopic (exact) mass is 278 g/mol. The van der Waals surface area contributed by atoms with Crippen LogP contribution in [-0.2, 0) is 0 Å². The van der Waals surface area contributed by atoms with E-state index in [0.29, 0.717) is 5.56 Å². The molecule has 0 aliphatic carbocycles. The number of nitrogens with one attached hydrogen (secondary N) is 1. The zero-order valence-corrected chi connectivity index (χ0v) is 12.7. The molecular weight excluding hydrogens is 252 g/mol. The normalized spacial score (nSPS) is 10.5. The predicted octanol–water partition coefficient (Wildman–Crippen LogP) is 3.20. The number of H-pyrrole nitrogens is 1. The minimum atomic E-state index is -0.224. The highest BCUT2D eigenvalue weighted by atomic mass is 16.2. The minimum absolute atomic E-state index is 0.0247. The number of rotatable bonds is 9. The summed E-state index contributed by atoms with van der Waals surface area (Å²) < 4.78 is 0. The summed E-state index contributed by atoms with van der Waals surface area (Å²) in [7, 11) is 0. The summed E-state index contributed by atoms with van der Waals surface area (Å²) in [5, 5.41) is 0. The van der Waals surface area contributed by atoms with Crippen LogP contribution in [-0.4, -0.2) is 28.9 Å². The second-order valence-corrected chi connectivity index (χ2v) is 5.15. The number of nitrogens with zero attached hydrogens (tertiary/aromatic N) is 1. The van der Waals surface area contributed by atoms with Crippen molar-refractivity contribution in [3.05, 3.63) is 34.2 Å². The number of aromatic amines is 1. The fourth-order valence-corrected chi connectivity index (χ4v) is 2.18. The first-order valence-electron chi connectivity index (χ1n) is 7.67. The van der Waals surface area contributed by atoms with Crippen LogP contribution in [0, 0.1) is 0 Å². The SMILES string of the molecule is CCCCCN(CCCCC)C(=O)c1cc[nH]c(=O)c1. The zero-order valence-electron chi connectivity index (χ0n) is 12.7. The van der Waals surface area contributed by atoms with Crippen molar-refractivity contribution in [2.75, 3.05) is 13.1 Å². The Balaban J connectivity index is 2.69. The highest BCUT2D eigenvalue weighted by molar-refractivity contribution is 5.94. The van der Waals surface area contributed by atoms with Gasteiger partial charge in [-0.2, -0.15) is 0 Å². The number of amides is 1. The summed E-state index contributed by atoms with van der Waals surface area (Å²) in [5.41, 5.74) is 0.264. The Kier molecular flexibility index (Phi) is 7.70. The maximum atomic E-state index is 12.5. The van der Waals surface area contributed by atoms with Gasteiger partial charge in [0, 0.05) is 30.9 Å². The van der Waals surface area contributed by atoms with E-state index in [0.717, 1.165) is 51.6 Å². The van der Waals surface area contributed by atoms with E-state index in [-0.39, 0.29) is 11.5 Å². The Hall–Kier alpha value is -1.58. The van der Waals surface area contributed by atoms with Crippen molar-refractivity contribution in [1.29, 1.82) is 0 Å². The molecule has 0 aliphatic rings. The molecule has 4 nitrogen and oxygen atoms in total. The van der Waals surface area contributed by atoms with Crippen molar-refractivity contribution in [2.24, 2.45) is 0 Å². The molecule has 112 valence electrons. The molecule has 0 aromatic carbocycles. The number of pyridine rings is 1. The van der Waals surface area contributed by atoms with Crippen LogP contribution < -0.4 is 5.56 Å². The molecule has 0 bridgehead atoms. The lowest BCUT2D eigenvalue weighted by Gasteiger charge is -2.22. The van der Waals surface area contributed by atoms with Gasteiger partial charge in [0.15, 0.2) is 0 Å². The topological polar surface area (TPSA) is 53.2 Å². The molecule has 0 saturated carbocycles. The maximum Gasteiger partial charge on any atom is 0.254 e. The number of carbonyl (C=O) groups is 1. The first-order chi connectivity index (χ1) is 9.69. The summed E-state index contributed by atoms with van der Waals surface area (Å²) in [4.78, 5) is 28.2. The Morgan fingerprint density at radius 1 is 1.10 bits per heavy atom. The van der Waals surface area contributed by atoms with Crippen LogP contribution >= 0.6 is 0 Å². The van der Waals surface area contributed by atoms with Crippen molar-refractivity contribution in [2.45, 2.75) is 52.4 Å². The van der Waals surface area contributed by atoms with Gasteiger partial charge < -0.3 is 9.88 Å². The zero-order chi connectivity index (χ0) is 14.8. The van der Waals surface area contributed by atoms with Crippen LogP contribution in [0.4, 0.5) is 0 Å². The van der Waals surface area contributed by atoms with E-state index in [1.807, 2.05) is 4.90 Å². The lowest BCUT2D eigenvalue weighted by molar-refractivity contribution is 0.0749. The van der Waals surface area contributed by atoms with Gasteiger partial charge in [-0.05, 0) is 18.9 Å². The summed E-state index contributed by atoms with van der Waals surface area (Å²) >= 11 is 0. The Morgan fingerprint density at radius 3 is 2.20 bits per heavy atom. The fourth-order valence-electron chi connectivity index (χ4n) is 2.18. The van der Waals surface area contributed by atoms with E-state index in [1.54, 1.807) is 6.07 Å². The van der Waals surface area contributed by atoms with Crippen LogP contribution in [0.15, 0.2) is 23.1 Å². The van der Waals surface area contributed by atoms with Crippen molar-refractivity contribution in [3.8, 4) is 0 Å². The molecule has 0 spiro atoms. The van der Waals surface area contributed by atoms with Crippen molar-refractivity contribution in [3.63, 3.8) is 0 Å². The van der Waals surface area contributed by atoms with Gasteiger partial charge in [0.25, 0.3) is 5.91 Å². The van der Waals surface area contributed by atoms with E-state index in [9.17, 15) is 9.59 Å². The molecule has 1 rings (SSSR count). The van der Waals surface area contributed by atoms with Gasteiger partial charge in [-0.25, -0.2) is 0 Å². The number of hydrogen-bond donors (Lipinski definition) is 1. The molecule has 1 aromatic heterocycles. The highest BCUT2D eigenvalue weighted by Crippen LogP contribution is 2.07. The van der Waals surface area contributed by atoms with Gasteiger partial charge in [0.2, 0.25) is 5.56 Å². The first-order valence-corrected chi connectivity index (χ1v) is 7.67. The van der Waals surface area contributed by atoms with Gasteiger partial charge in [-0.1, -0.05) is 39.5 Å². The van der Waals surface area contributed by atoms with E-state index < -0.39 is 0 Å². The van der Waals surface area contributed by atoms with E-state index in [1.165, 1.54) is 12.3 Å². The largest absolute Gasteiger partial charge is 0.339 e. The van der Waals surface area contributed by atoms with Crippen LogP contribution in [0.1, 0.15) is 62.7 Å². The van der Waals surface area contributed by atoms with Gasteiger partial charge >= 0.3 is 0 Å². The van der Waals surface area contributed by atoms with E-state index in [2.05, 4.69) is 18.8 Å². The smallest absolute Gasteiger partial charge is 0.254 e. The number of carbonyl (C=O) groups excluding carboxylic acids is 1. The number of aromatic nitrogens is 1. The van der Waals surface area contributed by atoms with E-state index in [4.69, 9.17) is 0 Å². The number of hydrogen-bond acceptors (Lipinski definition) is 2. The molecule has 0 atom stereocenters. The van der Waals surface area contributed by atoms with Crippen molar-refractivity contribution >= 4 is 5.91 Å². The van der Waals surface area contributed by atoms with Crippen LogP contribution in [0.3, 0.4) is 0 Å². The van der Waals surface area contributed by atoms with Gasteiger partial charge in [0.1, 0.15) is 0 Å². The summed E-state index contributed by atoms with van der Waals surface area (Å²) in [5.74, 6) is -0.0247. The molecule has 0 radical (unpaired) electrons. The molecule has 4 heteroatoms. The van der Waals surface area contributed by atoms with Gasteiger partial charge in [0.05, 0.1) is 0 Å². The second kappa shape index (κ2) is 9.34. The molecule has 1 N–H and O–H groups in total.